The fraction of sp³-hybridized carbons (Fsp3) is 0.400. The molecule has 0 radical (unpaired) electrons. The van der Waals surface area contributed by atoms with Crippen LogP contribution in [-0.2, 0) is 10.0 Å². The van der Waals surface area contributed by atoms with Crippen molar-refractivity contribution in [3.63, 3.8) is 0 Å². The van der Waals surface area contributed by atoms with Crippen LogP contribution >= 0.6 is 0 Å². The lowest BCUT2D eigenvalue weighted by atomic mass is 10.1. The second-order valence-corrected chi connectivity index (χ2v) is 5.35. The van der Waals surface area contributed by atoms with Crippen molar-refractivity contribution < 1.29 is 8.42 Å². The SMILES string of the molecule is CCC(c1ccc(C)c(N)c1)S(N)(=O)=O. The summed E-state index contributed by atoms with van der Waals surface area (Å²) in [5.74, 6) is 0. The molecule has 0 spiro atoms. The van der Waals surface area contributed by atoms with Crippen molar-refractivity contribution in [1.82, 2.24) is 0 Å². The molecule has 0 saturated heterocycles. The lowest BCUT2D eigenvalue weighted by Crippen LogP contribution is -2.21. The molecule has 0 saturated carbocycles. The molecular formula is C10H16N2O2S. The number of anilines is 1. The first kappa shape index (κ1) is 12.0. The van der Waals surface area contributed by atoms with Crippen LogP contribution in [0, 0.1) is 6.92 Å². The van der Waals surface area contributed by atoms with Crippen molar-refractivity contribution in [3.05, 3.63) is 29.3 Å². The minimum absolute atomic E-state index is 0.446. The summed E-state index contributed by atoms with van der Waals surface area (Å²) in [4.78, 5) is 0. The van der Waals surface area contributed by atoms with E-state index in [9.17, 15) is 8.42 Å². The third-order valence-corrected chi connectivity index (χ3v) is 3.84. The fourth-order valence-electron chi connectivity index (χ4n) is 1.52. The van der Waals surface area contributed by atoms with Crippen LogP contribution in [0.3, 0.4) is 0 Å². The normalized spacial score (nSPS) is 13.8. The summed E-state index contributed by atoms with van der Waals surface area (Å²) >= 11 is 0. The highest BCUT2D eigenvalue weighted by Gasteiger charge is 2.21. The van der Waals surface area contributed by atoms with Gasteiger partial charge in [-0.05, 0) is 30.5 Å². The molecule has 0 bridgehead atoms. The van der Waals surface area contributed by atoms with Gasteiger partial charge in [-0.2, -0.15) is 0 Å². The van der Waals surface area contributed by atoms with Crippen molar-refractivity contribution in [2.45, 2.75) is 25.5 Å². The molecule has 0 fully saturated rings. The molecule has 0 aliphatic carbocycles. The number of primary sulfonamides is 1. The molecule has 0 aliphatic rings. The highest BCUT2D eigenvalue weighted by Crippen LogP contribution is 2.26. The maximum Gasteiger partial charge on any atom is 0.216 e. The Morgan fingerprint density at radius 1 is 1.40 bits per heavy atom. The minimum atomic E-state index is -3.55. The predicted molar refractivity (Wildman–Crippen MR) is 61.7 cm³/mol. The molecule has 4 N–H and O–H groups in total. The highest BCUT2D eigenvalue weighted by molar-refractivity contribution is 7.89. The van der Waals surface area contributed by atoms with Crippen molar-refractivity contribution in [3.8, 4) is 0 Å². The predicted octanol–water partition coefficient (Wildman–Crippen LogP) is 1.32. The van der Waals surface area contributed by atoms with Gasteiger partial charge in [-0.3, -0.25) is 0 Å². The molecule has 0 aromatic heterocycles. The summed E-state index contributed by atoms with van der Waals surface area (Å²) < 4.78 is 22.6. The van der Waals surface area contributed by atoms with Crippen molar-refractivity contribution in [1.29, 1.82) is 0 Å². The van der Waals surface area contributed by atoms with Gasteiger partial charge >= 0.3 is 0 Å². The first-order valence-electron chi connectivity index (χ1n) is 4.74. The summed E-state index contributed by atoms with van der Waals surface area (Å²) in [6.45, 7) is 3.65. The second-order valence-electron chi connectivity index (χ2n) is 3.60. The number of sulfonamides is 1. The fourth-order valence-corrected chi connectivity index (χ4v) is 2.51. The van der Waals surface area contributed by atoms with E-state index in [0.717, 1.165) is 5.56 Å². The van der Waals surface area contributed by atoms with Gasteiger partial charge in [-0.1, -0.05) is 19.1 Å². The number of nitrogen functional groups attached to an aromatic ring is 1. The zero-order valence-electron chi connectivity index (χ0n) is 8.90. The Hall–Kier alpha value is -1.07. The van der Waals surface area contributed by atoms with Crippen LogP contribution in [0.25, 0.3) is 0 Å². The average molecular weight is 228 g/mol. The van der Waals surface area contributed by atoms with Gasteiger partial charge in [0.05, 0.1) is 5.25 Å². The van der Waals surface area contributed by atoms with E-state index in [1.807, 2.05) is 6.92 Å². The average Bonchev–Trinajstić information content (AvgIpc) is 2.10. The summed E-state index contributed by atoms with van der Waals surface area (Å²) in [7, 11) is -3.55. The Kier molecular flexibility index (Phi) is 3.36. The number of rotatable bonds is 3. The topological polar surface area (TPSA) is 86.2 Å². The Balaban J connectivity index is 3.20. The van der Waals surface area contributed by atoms with E-state index >= 15 is 0 Å². The van der Waals surface area contributed by atoms with Crippen LogP contribution in [0.2, 0.25) is 0 Å². The van der Waals surface area contributed by atoms with Crippen LogP contribution in [-0.4, -0.2) is 8.42 Å². The maximum atomic E-state index is 11.3. The quantitative estimate of drug-likeness (QED) is 0.765. The van der Waals surface area contributed by atoms with Gasteiger partial charge < -0.3 is 5.73 Å². The van der Waals surface area contributed by atoms with Gasteiger partial charge in [0.2, 0.25) is 10.0 Å². The van der Waals surface area contributed by atoms with Crippen LogP contribution in [0.4, 0.5) is 5.69 Å². The molecule has 84 valence electrons. The van der Waals surface area contributed by atoms with E-state index in [2.05, 4.69) is 0 Å². The number of hydrogen-bond acceptors (Lipinski definition) is 3. The monoisotopic (exact) mass is 228 g/mol. The molecule has 1 unspecified atom stereocenters. The molecule has 5 heteroatoms. The van der Waals surface area contributed by atoms with E-state index in [1.165, 1.54) is 0 Å². The Morgan fingerprint density at radius 3 is 2.40 bits per heavy atom. The van der Waals surface area contributed by atoms with Gasteiger partial charge in [0.15, 0.2) is 0 Å². The van der Waals surface area contributed by atoms with E-state index in [4.69, 9.17) is 10.9 Å². The largest absolute Gasteiger partial charge is 0.399 e. The standard InChI is InChI=1S/C10H16N2O2S/c1-3-10(15(12,13)14)8-5-4-7(2)9(11)6-8/h4-6,10H,3,11H2,1-2H3,(H2,12,13,14). The number of hydrogen-bond donors (Lipinski definition) is 2. The molecule has 1 aromatic rings. The first-order valence-corrected chi connectivity index (χ1v) is 6.34. The maximum absolute atomic E-state index is 11.3. The van der Waals surface area contributed by atoms with E-state index in [1.54, 1.807) is 25.1 Å². The van der Waals surface area contributed by atoms with Crippen LogP contribution in [0.15, 0.2) is 18.2 Å². The minimum Gasteiger partial charge on any atom is -0.399 e. The van der Waals surface area contributed by atoms with Gasteiger partial charge in [0.25, 0.3) is 0 Å². The molecule has 1 atom stereocenters. The van der Waals surface area contributed by atoms with E-state index < -0.39 is 15.3 Å². The van der Waals surface area contributed by atoms with Crippen molar-refractivity contribution in [2.75, 3.05) is 5.73 Å². The Bertz CT molecular complexity index is 454. The van der Waals surface area contributed by atoms with E-state index in [-0.39, 0.29) is 0 Å². The van der Waals surface area contributed by atoms with E-state index in [0.29, 0.717) is 17.7 Å². The number of benzene rings is 1. The lowest BCUT2D eigenvalue weighted by molar-refractivity contribution is 0.581. The first-order chi connectivity index (χ1) is 6.86. The molecule has 1 rings (SSSR count). The summed E-state index contributed by atoms with van der Waals surface area (Å²) in [5, 5.41) is 4.48. The third kappa shape index (κ3) is 2.70. The molecule has 0 heterocycles. The number of nitrogens with two attached hydrogens (primary N) is 2. The zero-order chi connectivity index (χ0) is 11.6. The van der Waals surface area contributed by atoms with Gasteiger partial charge in [-0.15, -0.1) is 0 Å². The van der Waals surface area contributed by atoms with Crippen LogP contribution < -0.4 is 10.9 Å². The molecule has 1 aromatic carbocycles. The lowest BCUT2D eigenvalue weighted by Gasteiger charge is -2.14. The van der Waals surface area contributed by atoms with Gasteiger partial charge in [-0.25, -0.2) is 13.6 Å². The molecule has 0 amide bonds. The highest BCUT2D eigenvalue weighted by atomic mass is 32.2. The zero-order valence-corrected chi connectivity index (χ0v) is 9.71. The molecule has 15 heavy (non-hydrogen) atoms. The van der Waals surface area contributed by atoms with Gasteiger partial charge in [0, 0.05) is 5.69 Å². The van der Waals surface area contributed by atoms with Crippen LogP contribution in [0.5, 0.6) is 0 Å². The van der Waals surface area contributed by atoms with Crippen molar-refractivity contribution in [2.24, 2.45) is 5.14 Å². The smallest absolute Gasteiger partial charge is 0.216 e. The summed E-state index contributed by atoms with van der Waals surface area (Å²) in [6.07, 6.45) is 0.446. The van der Waals surface area contributed by atoms with Gasteiger partial charge in [0.1, 0.15) is 0 Å². The van der Waals surface area contributed by atoms with Crippen molar-refractivity contribution >= 4 is 15.7 Å². The molecule has 0 aliphatic heterocycles. The second kappa shape index (κ2) is 4.20. The Morgan fingerprint density at radius 2 is 2.00 bits per heavy atom. The molecular weight excluding hydrogens is 212 g/mol. The number of aryl methyl sites for hydroxylation is 1. The van der Waals surface area contributed by atoms with Crippen LogP contribution in [0.1, 0.15) is 29.7 Å². The Labute approximate surface area is 90.3 Å². The summed E-state index contributed by atoms with van der Waals surface area (Å²) in [6, 6.07) is 5.23. The molecule has 4 nitrogen and oxygen atoms in total. The summed E-state index contributed by atoms with van der Waals surface area (Å²) in [5.41, 5.74) is 7.90. The third-order valence-electron chi connectivity index (χ3n) is 2.44.